The molecule has 0 fully saturated rings. The van der Waals surface area contributed by atoms with E-state index in [4.69, 9.17) is 14.2 Å². The Kier molecular flexibility index (Phi) is 7.00. The molecule has 42 heavy (non-hydrogen) atoms. The standard InChI is InChI=1S/C34H36FNO6/c1-18-15-26-23(10-12-36(26)32(37)21-9-8-20-11-14-40-27(20)16-21)29(28(18)31(33(38)39)42-34(3,4)5)24-17-25(35)30-22(19(24)2)7-6-13-41-30/h8-9,15-17,31H,6-7,10-14H2,1-5H3,(H,38,39)/t31-/m0/s1. The molecule has 1 atom stereocenters. The van der Waals surface area contributed by atoms with Gasteiger partial charge in [-0.15, -0.1) is 0 Å². The van der Waals surface area contributed by atoms with Crippen molar-refractivity contribution < 1.29 is 33.3 Å². The van der Waals surface area contributed by atoms with Gasteiger partial charge in [-0.25, -0.2) is 9.18 Å². The molecule has 3 aliphatic rings. The minimum Gasteiger partial charge on any atom is -0.493 e. The summed E-state index contributed by atoms with van der Waals surface area (Å²) in [6.07, 6.45) is 1.46. The van der Waals surface area contributed by atoms with E-state index < -0.39 is 23.5 Å². The number of fused-ring (bicyclic) bond motifs is 3. The van der Waals surface area contributed by atoms with E-state index in [9.17, 15) is 14.7 Å². The number of halogens is 1. The minimum atomic E-state index is -1.29. The van der Waals surface area contributed by atoms with Gasteiger partial charge in [-0.2, -0.15) is 0 Å². The molecular formula is C34H36FNO6. The zero-order chi connectivity index (χ0) is 29.9. The first-order valence-electron chi connectivity index (χ1n) is 14.5. The Labute approximate surface area is 245 Å². The molecule has 0 saturated carbocycles. The summed E-state index contributed by atoms with van der Waals surface area (Å²) in [7, 11) is 0. The van der Waals surface area contributed by atoms with Crippen molar-refractivity contribution in [2.75, 3.05) is 24.7 Å². The van der Waals surface area contributed by atoms with Crippen LogP contribution in [-0.4, -0.2) is 42.3 Å². The first-order chi connectivity index (χ1) is 19.9. The molecule has 0 bridgehead atoms. The fourth-order valence-electron chi connectivity index (χ4n) is 6.51. The molecular weight excluding hydrogens is 537 g/mol. The Hall–Kier alpha value is -3.91. The van der Waals surface area contributed by atoms with E-state index in [1.54, 1.807) is 11.0 Å². The number of ether oxygens (including phenoxy) is 3. The SMILES string of the molecule is Cc1cc2c(c(-c3cc(F)c4c(c3C)CCCO4)c1[C@H](OC(C)(C)C)C(=O)O)CCN2C(=O)c1ccc2c(c1)OCC2. The second kappa shape index (κ2) is 10.4. The number of aliphatic carboxylic acids is 1. The summed E-state index contributed by atoms with van der Waals surface area (Å²) in [6, 6.07) is 8.89. The first-order valence-corrected chi connectivity index (χ1v) is 14.5. The lowest BCUT2D eigenvalue weighted by molar-refractivity contribution is -0.160. The summed E-state index contributed by atoms with van der Waals surface area (Å²) < 4.78 is 33.1. The summed E-state index contributed by atoms with van der Waals surface area (Å²) in [5, 5.41) is 10.4. The molecule has 1 N–H and O–H groups in total. The van der Waals surface area contributed by atoms with Gasteiger partial charge in [0.25, 0.3) is 5.91 Å². The third-order valence-electron chi connectivity index (χ3n) is 8.39. The summed E-state index contributed by atoms with van der Waals surface area (Å²) in [4.78, 5) is 28.4. The van der Waals surface area contributed by atoms with Crippen molar-refractivity contribution in [1.82, 2.24) is 0 Å². The van der Waals surface area contributed by atoms with Crippen LogP contribution in [0.2, 0.25) is 0 Å². The highest BCUT2D eigenvalue weighted by Crippen LogP contribution is 2.48. The molecule has 0 radical (unpaired) electrons. The first kappa shape index (κ1) is 28.2. The highest BCUT2D eigenvalue weighted by atomic mass is 19.1. The van der Waals surface area contributed by atoms with E-state index in [0.717, 1.165) is 40.8 Å². The topological polar surface area (TPSA) is 85.3 Å². The molecule has 0 spiro atoms. The molecule has 6 rings (SSSR count). The number of carboxylic acid groups (broad SMARTS) is 1. The molecule has 0 saturated heterocycles. The predicted octanol–water partition coefficient (Wildman–Crippen LogP) is 6.51. The number of nitrogens with zero attached hydrogens (tertiary/aromatic N) is 1. The Bertz CT molecular complexity index is 1620. The predicted molar refractivity (Wildman–Crippen MR) is 157 cm³/mol. The number of anilines is 1. The van der Waals surface area contributed by atoms with Crippen LogP contribution in [0.15, 0.2) is 30.3 Å². The zero-order valence-electron chi connectivity index (χ0n) is 24.7. The highest BCUT2D eigenvalue weighted by molar-refractivity contribution is 6.08. The van der Waals surface area contributed by atoms with Crippen molar-refractivity contribution in [2.24, 2.45) is 0 Å². The van der Waals surface area contributed by atoms with Gasteiger partial charge in [0, 0.05) is 35.3 Å². The summed E-state index contributed by atoms with van der Waals surface area (Å²) >= 11 is 0. The maximum absolute atomic E-state index is 15.6. The largest absolute Gasteiger partial charge is 0.493 e. The van der Waals surface area contributed by atoms with Crippen LogP contribution in [0.1, 0.15) is 77.0 Å². The lowest BCUT2D eigenvalue weighted by Gasteiger charge is -2.30. The van der Waals surface area contributed by atoms with Gasteiger partial charge in [-0.3, -0.25) is 4.79 Å². The molecule has 0 aromatic heterocycles. The molecule has 8 heteroatoms. The van der Waals surface area contributed by atoms with Crippen LogP contribution in [-0.2, 0) is 28.8 Å². The van der Waals surface area contributed by atoms with Crippen molar-refractivity contribution in [3.05, 3.63) is 75.1 Å². The van der Waals surface area contributed by atoms with E-state index in [1.165, 1.54) is 6.07 Å². The van der Waals surface area contributed by atoms with Crippen molar-refractivity contribution in [3.8, 4) is 22.6 Å². The van der Waals surface area contributed by atoms with Crippen LogP contribution in [0, 0.1) is 19.7 Å². The number of aryl methyl sites for hydroxylation is 1. The number of amides is 1. The molecule has 3 heterocycles. The van der Waals surface area contributed by atoms with Gasteiger partial charge >= 0.3 is 5.97 Å². The molecule has 7 nitrogen and oxygen atoms in total. The van der Waals surface area contributed by atoms with E-state index in [0.29, 0.717) is 66.1 Å². The Morgan fingerprint density at radius 2 is 1.81 bits per heavy atom. The van der Waals surface area contributed by atoms with Crippen molar-refractivity contribution in [1.29, 1.82) is 0 Å². The molecule has 3 aromatic carbocycles. The maximum Gasteiger partial charge on any atom is 0.337 e. The van der Waals surface area contributed by atoms with E-state index >= 15 is 4.39 Å². The lowest BCUT2D eigenvalue weighted by atomic mass is 9.83. The van der Waals surface area contributed by atoms with Crippen LogP contribution in [0.3, 0.4) is 0 Å². The number of hydrogen-bond donors (Lipinski definition) is 1. The average Bonchev–Trinajstić information content (AvgIpc) is 3.59. The third kappa shape index (κ3) is 4.81. The average molecular weight is 574 g/mol. The van der Waals surface area contributed by atoms with Crippen LogP contribution < -0.4 is 14.4 Å². The summed E-state index contributed by atoms with van der Waals surface area (Å²) in [6.45, 7) is 10.7. The maximum atomic E-state index is 15.6. The van der Waals surface area contributed by atoms with Crippen molar-refractivity contribution in [3.63, 3.8) is 0 Å². The van der Waals surface area contributed by atoms with Gasteiger partial charge in [0.15, 0.2) is 17.7 Å². The van der Waals surface area contributed by atoms with Gasteiger partial charge in [0.1, 0.15) is 5.75 Å². The number of carboxylic acids is 1. The number of hydrogen-bond acceptors (Lipinski definition) is 5. The Balaban J connectivity index is 1.56. The molecule has 3 aromatic rings. The van der Waals surface area contributed by atoms with Crippen molar-refractivity contribution in [2.45, 2.75) is 72.0 Å². The zero-order valence-corrected chi connectivity index (χ0v) is 24.7. The molecule has 0 aliphatic carbocycles. The highest BCUT2D eigenvalue weighted by Gasteiger charge is 2.37. The van der Waals surface area contributed by atoms with Gasteiger partial charge in [0.05, 0.1) is 18.8 Å². The second-order valence-electron chi connectivity index (χ2n) is 12.3. The lowest BCUT2D eigenvalue weighted by Crippen LogP contribution is -2.29. The second-order valence-corrected chi connectivity index (χ2v) is 12.3. The monoisotopic (exact) mass is 573 g/mol. The Morgan fingerprint density at radius 1 is 1.02 bits per heavy atom. The van der Waals surface area contributed by atoms with E-state index in [1.807, 2.05) is 52.8 Å². The van der Waals surface area contributed by atoms with E-state index in [2.05, 4.69) is 0 Å². The van der Waals surface area contributed by atoms with Crippen LogP contribution >= 0.6 is 0 Å². The molecule has 220 valence electrons. The number of benzene rings is 3. The fourth-order valence-corrected chi connectivity index (χ4v) is 6.51. The minimum absolute atomic E-state index is 0.160. The fraction of sp³-hybridized carbons (Fsp3) is 0.412. The number of carbonyl (C=O) groups excluding carboxylic acids is 1. The molecule has 1 amide bonds. The van der Waals surface area contributed by atoms with Gasteiger partial charge < -0.3 is 24.2 Å². The van der Waals surface area contributed by atoms with Crippen molar-refractivity contribution >= 4 is 17.6 Å². The number of carbonyl (C=O) groups is 2. The third-order valence-corrected chi connectivity index (χ3v) is 8.39. The molecule has 3 aliphatic heterocycles. The van der Waals surface area contributed by atoms with Crippen LogP contribution in [0.4, 0.5) is 10.1 Å². The van der Waals surface area contributed by atoms with E-state index in [-0.39, 0.29) is 11.7 Å². The van der Waals surface area contributed by atoms with Gasteiger partial charge in [-0.05, 0) is 112 Å². The summed E-state index contributed by atoms with van der Waals surface area (Å²) in [5.74, 6) is -0.757. The van der Waals surface area contributed by atoms with Crippen LogP contribution in [0.25, 0.3) is 11.1 Å². The normalized spacial score (nSPS) is 16.3. The molecule has 0 unspecified atom stereocenters. The summed E-state index contributed by atoms with van der Waals surface area (Å²) in [5.41, 5.74) is 6.38. The Morgan fingerprint density at radius 3 is 2.55 bits per heavy atom. The van der Waals surface area contributed by atoms with Gasteiger partial charge in [0.2, 0.25) is 0 Å². The van der Waals surface area contributed by atoms with Crippen LogP contribution in [0.5, 0.6) is 11.5 Å². The van der Waals surface area contributed by atoms with Gasteiger partial charge in [-0.1, -0.05) is 6.07 Å². The number of rotatable bonds is 5. The quantitative estimate of drug-likeness (QED) is 0.375. The smallest absolute Gasteiger partial charge is 0.337 e.